The number of azide groups is 1. The first-order valence-electron chi connectivity index (χ1n) is 17.6. The summed E-state index contributed by atoms with van der Waals surface area (Å²) in [6, 6.07) is 39.3. The molecule has 2 aliphatic heterocycles. The number of benzene rings is 5. The van der Waals surface area contributed by atoms with E-state index in [9.17, 15) is 13.2 Å². The van der Waals surface area contributed by atoms with E-state index in [2.05, 4.69) is 24.8 Å². The van der Waals surface area contributed by atoms with Crippen molar-refractivity contribution in [2.24, 2.45) is 11.0 Å². The Kier molecular flexibility index (Phi) is 10.3. The number of piperidine rings is 1. The molecule has 4 aromatic rings. The maximum absolute atomic E-state index is 14.5. The molecule has 1 amide bonds. The maximum Gasteiger partial charge on any atom is 0.243 e. The van der Waals surface area contributed by atoms with Gasteiger partial charge in [-0.1, -0.05) is 59.7 Å². The molecule has 0 radical (unpaired) electrons. The summed E-state index contributed by atoms with van der Waals surface area (Å²) in [5, 5.41) is 7.95. The zero-order valence-electron chi connectivity index (χ0n) is 29.6. The monoisotopic (exact) mass is 726 g/mol. The summed E-state index contributed by atoms with van der Waals surface area (Å²) >= 11 is 0. The summed E-state index contributed by atoms with van der Waals surface area (Å²) in [5.41, 5.74) is 14.2. The summed E-state index contributed by atoms with van der Waals surface area (Å²) in [6.07, 6.45) is 0.778. The molecule has 2 heterocycles. The number of rotatable bonds is 10. The van der Waals surface area contributed by atoms with Gasteiger partial charge in [-0.25, -0.2) is 8.42 Å². The molecule has 268 valence electrons. The summed E-state index contributed by atoms with van der Waals surface area (Å²) in [6.45, 7) is 0.828. The number of hydrogen-bond acceptors (Lipinski definition) is 6. The van der Waals surface area contributed by atoms with Crippen molar-refractivity contribution in [3.05, 3.63) is 137 Å². The van der Waals surface area contributed by atoms with E-state index in [4.69, 9.17) is 9.95 Å². The standard InChI is InChI=1S/C41H39N7O4S/c1-46(30-11-5-3-6-12-30)32-17-19-34-37(27-32)52-38-28-33(47(2)31-13-7-4-8-14-31)18-20-35(38)40(34)36-15-9-10-16-39(36)53(50,51)48-25-21-29(22-26-48)41(49)43-23-24-44-45-42/h3-20,27-29H,21-26H2,1-2H3/p+1. The van der Waals surface area contributed by atoms with Crippen LogP contribution in [0.2, 0.25) is 0 Å². The Labute approximate surface area is 308 Å². The SMILES string of the molecule is CN(c1ccccc1)c1ccc2c(-c3ccccc3S(=O)(=O)N3CCC(C(=O)NCCN=[N+]=[N-])CC3)c3cc/c(=[N+](/C)c4ccccc4)cc-3oc2c1. The van der Waals surface area contributed by atoms with Crippen LogP contribution in [-0.2, 0) is 14.8 Å². The van der Waals surface area contributed by atoms with Crippen molar-refractivity contribution >= 4 is 44.0 Å². The van der Waals surface area contributed by atoms with Crippen LogP contribution in [0.3, 0.4) is 0 Å². The van der Waals surface area contributed by atoms with Gasteiger partial charge in [-0.3, -0.25) is 4.79 Å². The van der Waals surface area contributed by atoms with Gasteiger partial charge < -0.3 is 14.6 Å². The molecule has 0 saturated carbocycles. The molecule has 7 rings (SSSR count). The van der Waals surface area contributed by atoms with E-state index in [1.807, 2.05) is 123 Å². The van der Waals surface area contributed by atoms with E-state index in [1.54, 1.807) is 12.1 Å². The van der Waals surface area contributed by atoms with Crippen molar-refractivity contribution in [3.8, 4) is 22.5 Å². The predicted octanol–water partition coefficient (Wildman–Crippen LogP) is 7.53. The zero-order valence-corrected chi connectivity index (χ0v) is 30.4. The molecule has 0 bridgehead atoms. The second kappa shape index (κ2) is 15.3. The number of hydrogen-bond donors (Lipinski definition) is 1. The van der Waals surface area contributed by atoms with Gasteiger partial charge in [0.25, 0.3) is 0 Å². The first kappa shape index (κ1) is 35.5. The Morgan fingerprint density at radius 1 is 0.906 bits per heavy atom. The van der Waals surface area contributed by atoms with Crippen LogP contribution in [0, 0.1) is 5.92 Å². The predicted molar refractivity (Wildman–Crippen MR) is 209 cm³/mol. The molecule has 3 aliphatic rings. The number of amides is 1. The average molecular weight is 727 g/mol. The van der Waals surface area contributed by atoms with Crippen molar-refractivity contribution in [1.29, 1.82) is 0 Å². The van der Waals surface area contributed by atoms with Gasteiger partial charge in [0.15, 0.2) is 0 Å². The largest absolute Gasteiger partial charge is 0.456 e. The Bertz CT molecular complexity index is 2470. The molecule has 0 unspecified atom stereocenters. The van der Waals surface area contributed by atoms with Gasteiger partial charge in [0.1, 0.15) is 18.4 Å². The fraction of sp³-hybridized carbons (Fsp3) is 0.220. The van der Waals surface area contributed by atoms with E-state index in [-0.39, 0.29) is 42.9 Å². The van der Waals surface area contributed by atoms with Gasteiger partial charge in [0, 0.05) is 102 Å². The lowest BCUT2D eigenvalue weighted by molar-refractivity contribution is -0.126. The number of nitrogens with one attached hydrogen (secondary N) is 1. The summed E-state index contributed by atoms with van der Waals surface area (Å²) in [4.78, 5) is 17.7. The number of carbonyl (C=O) groups is 1. The van der Waals surface area contributed by atoms with Crippen LogP contribution in [0.4, 0.5) is 17.1 Å². The minimum absolute atomic E-state index is 0.156. The smallest absolute Gasteiger partial charge is 0.243 e. The molecule has 1 saturated heterocycles. The fourth-order valence-electron chi connectivity index (χ4n) is 6.99. The molecule has 1 N–H and O–H groups in total. The highest BCUT2D eigenvalue weighted by atomic mass is 32.2. The second-order valence-corrected chi connectivity index (χ2v) is 15.0. The zero-order chi connectivity index (χ0) is 37.0. The van der Waals surface area contributed by atoms with Gasteiger partial charge in [-0.05, 0) is 54.8 Å². The molecule has 0 aromatic heterocycles. The molecule has 0 atom stereocenters. The Morgan fingerprint density at radius 2 is 1.60 bits per heavy atom. The highest BCUT2D eigenvalue weighted by Crippen LogP contribution is 2.44. The first-order chi connectivity index (χ1) is 25.8. The first-order valence-corrected chi connectivity index (χ1v) is 19.0. The number of para-hydroxylation sites is 2. The van der Waals surface area contributed by atoms with Gasteiger partial charge >= 0.3 is 0 Å². The number of fused-ring (bicyclic) bond motifs is 2. The lowest BCUT2D eigenvalue weighted by Gasteiger charge is -2.31. The molecule has 1 fully saturated rings. The van der Waals surface area contributed by atoms with Crippen LogP contribution in [0.25, 0.3) is 43.9 Å². The summed E-state index contributed by atoms with van der Waals surface area (Å²) in [7, 11) is 0.0394. The van der Waals surface area contributed by atoms with Crippen molar-refractivity contribution in [3.63, 3.8) is 0 Å². The number of anilines is 2. The highest BCUT2D eigenvalue weighted by molar-refractivity contribution is 7.89. The third-order valence-electron chi connectivity index (χ3n) is 9.92. The van der Waals surface area contributed by atoms with Crippen LogP contribution in [-0.4, -0.2) is 58.9 Å². The Balaban J connectivity index is 1.33. The second-order valence-electron chi connectivity index (χ2n) is 13.0. The van der Waals surface area contributed by atoms with Gasteiger partial charge in [-0.2, -0.15) is 8.88 Å². The van der Waals surface area contributed by atoms with Crippen LogP contribution in [0.15, 0.2) is 136 Å². The number of nitrogens with zero attached hydrogens (tertiary/aromatic N) is 6. The molecule has 1 aliphatic carbocycles. The highest BCUT2D eigenvalue weighted by Gasteiger charge is 2.34. The number of sulfonamides is 1. The van der Waals surface area contributed by atoms with E-state index in [0.29, 0.717) is 29.7 Å². The van der Waals surface area contributed by atoms with Crippen molar-refractivity contribution in [1.82, 2.24) is 14.2 Å². The average Bonchev–Trinajstić information content (AvgIpc) is 3.21. The van der Waals surface area contributed by atoms with Gasteiger partial charge in [0.2, 0.25) is 27.0 Å². The van der Waals surface area contributed by atoms with E-state index in [0.717, 1.165) is 38.9 Å². The third kappa shape index (κ3) is 7.25. The van der Waals surface area contributed by atoms with E-state index in [1.165, 1.54) is 4.31 Å². The summed E-state index contributed by atoms with van der Waals surface area (Å²) < 4.78 is 39.3. The van der Waals surface area contributed by atoms with Crippen LogP contribution < -0.4 is 20.1 Å². The lowest BCUT2D eigenvalue weighted by atomic mass is 9.93. The molecule has 11 nitrogen and oxygen atoms in total. The van der Waals surface area contributed by atoms with Crippen LogP contribution in [0.5, 0.6) is 0 Å². The molecule has 53 heavy (non-hydrogen) atoms. The topological polar surface area (TPSA) is 135 Å². The van der Waals surface area contributed by atoms with Gasteiger partial charge in [-0.15, -0.1) is 0 Å². The molecular weight excluding hydrogens is 687 g/mol. The quantitative estimate of drug-likeness (QED) is 0.0389. The lowest BCUT2D eigenvalue weighted by Crippen LogP contribution is -2.43. The van der Waals surface area contributed by atoms with Crippen LogP contribution in [0.1, 0.15) is 12.8 Å². The van der Waals surface area contributed by atoms with Crippen LogP contribution >= 0.6 is 0 Å². The molecule has 0 spiro atoms. The van der Waals surface area contributed by atoms with Crippen molar-refractivity contribution < 1.29 is 17.6 Å². The minimum Gasteiger partial charge on any atom is -0.456 e. The normalized spacial score (nSPS) is 14.5. The minimum atomic E-state index is -3.97. The Morgan fingerprint density at radius 3 is 2.34 bits per heavy atom. The fourth-order valence-corrected chi connectivity index (χ4v) is 8.66. The maximum atomic E-state index is 14.5. The van der Waals surface area contributed by atoms with E-state index >= 15 is 0 Å². The van der Waals surface area contributed by atoms with Crippen molar-refractivity contribution in [2.75, 3.05) is 45.2 Å². The third-order valence-corrected chi connectivity index (χ3v) is 11.9. The molecule has 4 aromatic carbocycles. The molecule has 12 heteroatoms. The van der Waals surface area contributed by atoms with Gasteiger partial charge in [0.05, 0.1) is 11.0 Å². The Hall–Kier alpha value is -5.94. The molecular formula is C41H40N7O4S+. The van der Waals surface area contributed by atoms with Crippen molar-refractivity contribution in [2.45, 2.75) is 17.7 Å². The van der Waals surface area contributed by atoms with E-state index < -0.39 is 10.0 Å². The summed E-state index contributed by atoms with van der Waals surface area (Å²) in [5.74, 6) is 0.140. The number of carbonyl (C=O) groups excluding carboxylic acids is 1.